The average Bonchev–Trinajstić information content (AvgIpc) is 3.36. The predicted octanol–water partition coefficient (Wildman–Crippen LogP) is 2.58. The maximum Gasteiger partial charge on any atom is 0.264 e. The number of likely N-dealkylation sites (tertiary alicyclic amines) is 1. The molecule has 1 atom stereocenters. The van der Waals surface area contributed by atoms with Crippen molar-refractivity contribution in [1.29, 1.82) is 0 Å². The second-order valence-electron chi connectivity index (χ2n) is 6.92. The summed E-state index contributed by atoms with van der Waals surface area (Å²) in [7, 11) is 1.61. The number of carbonyl (C=O) groups excluding carboxylic acids is 2. The van der Waals surface area contributed by atoms with Crippen LogP contribution in [0.4, 0.5) is 0 Å². The number of pyridine rings is 1. The number of aromatic nitrogens is 1. The van der Waals surface area contributed by atoms with Crippen molar-refractivity contribution < 1.29 is 19.4 Å². The van der Waals surface area contributed by atoms with Crippen molar-refractivity contribution in [2.75, 3.05) is 20.1 Å². The largest absolute Gasteiger partial charge is 0.456 e. The van der Waals surface area contributed by atoms with Crippen molar-refractivity contribution in [2.24, 2.45) is 0 Å². The maximum absolute atomic E-state index is 12.7. The van der Waals surface area contributed by atoms with Gasteiger partial charge in [-0.15, -0.1) is 11.3 Å². The molecule has 8 heteroatoms. The van der Waals surface area contributed by atoms with Crippen LogP contribution in [-0.4, -0.2) is 53.0 Å². The number of thiophene rings is 1. The predicted molar refractivity (Wildman–Crippen MR) is 110 cm³/mol. The summed E-state index contributed by atoms with van der Waals surface area (Å²) in [6.07, 6.45) is 2.13. The number of rotatable bonds is 5. The Balaban J connectivity index is 1.54. The number of carbonyl (C=O) groups is 2. The van der Waals surface area contributed by atoms with Crippen LogP contribution in [0.3, 0.4) is 0 Å². The highest BCUT2D eigenvalue weighted by Gasteiger charge is 2.27. The summed E-state index contributed by atoms with van der Waals surface area (Å²) in [6.45, 7) is 0.930. The summed E-state index contributed by atoms with van der Waals surface area (Å²) in [5.74, 6) is 1.13. The summed E-state index contributed by atoms with van der Waals surface area (Å²) in [5, 5.41) is 12.3. The summed E-state index contributed by atoms with van der Waals surface area (Å²) < 4.78 is 6.81. The molecule has 29 heavy (non-hydrogen) atoms. The summed E-state index contributed by atoms with van der Waals surface area (Å²) in [4.78, 5) is 30.8. The second-order valence-corrected chi connectivity index (χ2v) is 7.98. The average molecular weight is 411 g/mol. The molecule has 1 fully saturated rings. The standard InChI is InChI=1S/C21H21N3O4S/c1-22-19(26)10-13-2-4-15(5-3-13)28-17-6-8-23-16-11-18(29-20(16)17)21(27)24-9-7-14(25)12-24/h2-6,8,11,14,25H,7,9-10,12H2,1H3,(H,22,26). The van der Waals surface area contributed by atoms with Crippen LogP contribution in [0.25, 0.3) is 10.2 Å². The number of fused-ring (bicyclic) bond motifs is 1. The fourth-order valence-corrected chi connectivity index (χ4v) is 4.29. The van der Waals surface area contributed by atoms with E-state index in [-0.39, 0.29) is 11.8 Å². The van der Waals surface area contributed by atoms with E-state index >= 15 is 0 Å². The third kappa shape index (κ3) is 4.23. The number of hydrogen-bond acceptors (Lipinski definition) is 6. The lowest BCUT2D eigenvalue weighted by atomic mass is 10.1. The molecule has 1 aromatic carbocycles. The molecule has 3 aromatic rings. The highest BCUT2D eigenvalue weighted by atomic mass is 32.1. The molecule has 3 heterocycles. The SMILES string of the molecule is CNC(=O)Cc1ccc(Oc2ccnc3cc(C(=O)N4CCC(O)C4)sc23)cc1. The number of hydrogen-bond donors (Lipinski definition) is 2. The number of aliphatic hydroxyl groups excluding tert-OH is 1. The minimum atomic E-state index is -0.447. The molecule has 1 aliphatic rings. The van der Waals surface area contributed by atoms with Gasteiger partial charge >= 0.3 is 0 Å². The zero-order valence-corrected chi connectivity index (χ0v) is 16.7. The Bertz CT molecular complexity index is 1050. The van der Waals surface area contributed by atoms with E-state index in [2.05, 4.69) is 10.3 Å². The van der Waals surface area contributed by atoms with E-state index in [1.807, 2.05) is 24.3 Å². The Kier molecular flexibility index (Phi) is 5.46. The molecule has 1 saturated heterocycles. The molecule has 1 unspecified atom stereocenters. The first-order valence-corrected chi connectivity index (χ1v) is 10.2. The zero-order valence-electron chi connectivity index (χ0n) is 15.9. The quantitative estimate of drug-likeness (QED) is 0.673. The zero-order chi connectivity index (χ0) is 20.4. The van der Waals surface area contributed by atoms with E-state index in [0.717, 1.165) is 10.3 Å². The third-order valence-corrected chi connectivity index (χ3v) is 5.96. The molecule has 0 spiro atoms. The van der Waals surface area contributed by atoms with E-state index in [1.165, 1.54) is 11.3 Å². The molecule has 2 aromatic heterocycles. The van der Waals surface area contributed by atoms with Gasteiger partial charge in [0.1, 0.15) is 11.5 Å². The van der Waals surface area contributed by atoms with Gasteiger partial charge in [-0.3, -0.25) is 14.6 Å². The molecule has 7 nitrogen and oxygen atoms in total. The van der Waals surface area contributed by atoms with Crippen LogP contribution < -0.4 is 10.1 Å². The Morgan fingerprint density at radius 3 is 2.79 bits per heavy atom. The molecule has 0 bridgehead atoms. The lowest BCUT2D eigenvalue weighted by Crippen LogP contribution is -2.28. The maximum atomic E-state index is 12.7. The van der Waals surface area contributed by atoms with Gasteiger partial charge in [-0.1, -0.05) is 12.1 Å². The number of nitrogens with one attached hydrogen (secondary N) is 1. The minimum absolute atomic E-state index is 0.0455. The van der Waals surface area contributed by atoms with Crippen LogP contribution in [0.15, 0.2) is 42.6 Å². The van der Waals surface area contributed by atoms with Crippen LogP contribution in [0.2, 0.25) is 0 Å². The number of likely N-dealkylation sites (N-methyl/N-ethyl adjacent to an activating group) is 1. The number of β-amino-alcohol motifs (C(OH)–C–C–N with tert-alkyl or cyclic N) is 1. The highest BCUT2D eigenvalue weighted by Crippen LogP contribution is 2.35. The number of amides is 2. The van der Waals surface area contributed by atoms with E-state index < -0.39 is 6.10 Å². The lowest BCUT2D eigenvalue weighted by molar-refractivity contribution is -0.119. The molecule has 4 rings (SSSR count). The van der Waals surface area contributed by atoms with Crippen molar-refractivity contribution in [3.05, 3.63) is 53.0 Å². The first-order chi connectivity index (χ1) is 14.0. The van der Waals surface area contributed by atoms with Gasteiger partial charge in [0, 0.05) is 32.4 Å². The monoisotopic (exact) mass is 411 g/mol. The number of aliphatic hydroxyl groups is 1. The number of ether oxygens (including phenoxy) is 1. The van der Waals surface area contributed by atoms with Crippen molar-refractivity contribution in [3.8, 4) is 11.5 Å². The van der Waals surface area contributed by atoms with Crippen molar-refractivity contribution in [3.63, 3.8) is 0 Å². The molecule has 150 valence electrons. The minimum Gasteiger partial charge on any atom is -0.456 e. The van der Waals surface area contributed by atoms with Crippen LogP contribution in [-0.2, 0) is 11.2 Å². The molecular formula is C21H21N3O4S. The van der Waals surface area contributed by atoms with Gasteiger partial charge in [0.2, 0.25) is 5.91 Å². The van der Waals surface area contributed by atoms with Gasteiger partial charge in [-0.25, -0.2) is 0 Å². The van der Waals surface area contributed by atoms with Crippen LogP contribution in [0, 0.1) is 0 Å². The Morgan fingerprint density at radius 1 is 1.31 bits per heavy atom. The van der Waals surface area contributed by atoms with Gasteiger partial charge in [0.15, 0.2) is 0 Å². The second kappa shape index (κ2) is 8.18. The summed E-state index contributed by atoms with van der Waals surface area (Å²) in [6, 6.07) is 10.9. The van der Waals surface area contributed by atoms with E-state index in [1.54, 1.807) is 30.3 Å². The first kappa shape index (κ1) is 19.4. The fourth-order valence-electron chi connectivity index (χ4n) is 3.26. The summed E-state index contributed by atoms with van der Waals surface area (Å²) in [5.41, 5.74) is 1.60. The van der Waals surface area contributed by atoms with E-state index in [9.17, 15) is 14.7 Å². The van der Waals surface area contributed by atoms with Gasteiger partial charge < -0.3 is 20.1 Å². The molecule has 0 saturated carbocycles. The first-order valence-electron chi connectivity index (χ1n) is 9.37. The molecule has 1 aliphatic heterocycles. The Hall–Kier alpha value is -2.97. The number of benzene rings is 1. The van der Waals surface area contributed by atoms with E-state index in [4.69, 9.17) is 4.74 Å². The van der Waals surface area contributed by atoms with Crippen molar-refractivity contribution in [1.82, 2.24) is 15.2 Å². The Morgan fingerprint density at radius 2 is 2.10 bits per heavy atom. The van der Waals surface area contributed by atoms with Crippen LogP contribution in [0.5, 0.6) is 11.5 Å². The van der Waals surface area contributed by atoms with Gasteiger partial charge in [0.05, 0.1) is 27.6 Å². The van der Waals surface area contributed by atoms with Crippen molar-refractivity contribution in [2.45, 2.75) is 18.9 Å². The molecule has 2 amide bonds. The lowest BCUT2D eigenvalue weighted by Gasteiger charge is -2.13. The van der Waals surface area contributed by atoms with Gasteiger partial charge in [-0.05, 0) is 30.2 Å². The van der Waals surface area contributed by atoms with Crippen molar-refractivity contribution >= 4 is 33.4 Å². The number of nitrogens with zero attached hydrogens (tertiary/aromatic N) is 2. The van der Waals surface area contributed by atoms with Crippen LogP contribution in [0.1, 0.15) is 21.7 Å². The summed E-state index contributed by atoms with van der Waals surface area (Å²) >= 11 is 1.34. The molecule has 0 aliphatic carbocycles. The smallest absolute Gasteiger partial charge is 0.264 e. The van der Waals surface area contributed by atoms with E-state index in [0.29, 0.717) is 47.8 Å². The Labute approximate surface area is 171 Å². The fraction of sp³-hybridized carbons (Fsp3) is 0.286. The molecule has 0 radical (unpaired) electrons. The van der Waals surface area contributed by atoms with Gasteiger partial charge in [0.25, 0.3) is 5.91 Å². The molecular weight excluding hydrogens is 390 g/mol. The van der Waals surface area contributed by atoms with Gasteiger partial charge in [-0.2, -0.15) is 0 Å². The topological polar surface area (TPSA) is 91.8 Å². The third-order valence-electron chi connectivity index (χ3n) is 4.83. The molecule has 2 N–H and O–H groups in total. The van der Waals surface area contributed by atoms with Crippen LogP contribution >= 0.6 is 11.3 Å². The normalized spacial score (nSPS) is 16.2. The highest BCUT2D eigenvalue weighted by molar-refractivity contribution is 7.21.